The van der Waals surface area contributed by atoms with Crippen LogP contribution in [0.25, 0.3) is 11.3 Å². The molecule has 1 atom stereocenters. The van der Waals surface area contributed by atoms with Crippen molar-refractivity contribution in [2.24, 2.45) is 0 Å². The number of hydrogen-bond donors (Lipinski definition) is 1. The molecule has 1 aromatic heterocycles. The van der Waals surface area contributed by atoms with E-state index in [2.05, 4.69) is 10.4 Å². The Kier molecular flexibility index (Phi) is 9.99. The predicted octanol–water partition coefficient (Wildman–Crippen LogP) is 6.31. The third-order valence-electron chi connectivity index (χ3n) is 7.72. The monoisotopic (exact) mass is 590 g/mol. The van der Waals surface area contributed by atoms with Gasteiger partial charge < -0.3 is 15.0 Å². The number of nitrogens with zero attached hydrogens (tertiary/aromatic N) is 3. The lowest BCUT2D eigenvalue weighted by atomic mass is 10.0. The summed E-state index contributed by atoms with van der Waals surface area (Å²) in [5.41, 5.74) is -1.28. The van der Waals surface area contributed by atoms with E-state index in [-0.39, 0.29) is 35.3 Å². The maximum absolute atomic E-state index is 13.9. The van der Waals surface area contributed by atoms with Crippen LogP contribution in [0.15, 0.2) is 30.3 Å². The van der Waals surface area contributed by atoms with Crippen LogP contribution in [0.4, 0.5) is 13.2 Å². The molecule has 1 saturated heterocycles. The number of likely N-dealkylation sites (tertiary alicyclic amines) is 1. The van der Waals surface area contributed by atoms with Crippen molar-refractivity contribution in [3.05, 3.63) is 41.6 Å². The summed E-state index contributed by atoms with van der Waals surface area (Å²) in [6.45, 7) is 6.50. The van der Waals surface area contributed by atoms with E-state index in [1.807, 2.05) is 4.90 Å². The number of esters is 1. The lowest BCUT2D eigenvalue weighted by molar-refractivity contribution is -0.155. The number of ether oxygens (including phenoxy) is 1. The molecule has 11 heteroatoms. The van der Waals surface area contributed by atoms with Crippen LogP contribution in [-0.4, -0.2) is 57.2 Å². The first-order valence-corrected chi connectivity index (χ1v) is 14.9. The number of nitrogens with one attached hydrogen (secondary N) is 1. The van der Waals surface area contributed by atoms with E-state index in [1.165, 1.54) is 18.2 Å². The number of piperidine rings is 1. The Morgan fingerprint density at radius 2 is 1.81 bits per heavy atom. The lowest BCUT2D eigenvalue weighted by Crippen LogP contribution is -2.40. The Hall–Kier alpha value is -3.37. The van der Waals surface area contributed by atoms with Gasteiger partial charge in [-0.2, -0.15) is 18.3 Å². The van der Waals surface area contributed by atoms with Gasteiger partial charge in [-0.3, -0.25) is 19.1 Å². The number of carbonyl (C=O) groups excluding carboxylic acids is 3. The molecule has 2 amide bonds. The molecule has 1 saturated carbocycles. The molecule has 2 heterocycles. The van der Waals surface area contributed by atoms with Gasteiger partial charge in [0, 0.05) is 31.1 Å². The van der Waals surface area contributed by atoms with E-state index >= 15 is 0 Å². The SMILES string of the molecule is CC(C)(C)OC(=O)C[C@H](CCCN1CCCCC1=O)NC(=O)c1cc(-c2ccccc2C(F)(F)F)n(C2CCCC2)n1. The van der Waals surface area contributed by atoms with Crippen LogP contribution >= 0.6 is 0 Å². The molecule has 1 aliphatic heterocycles. The maximum atomic E-state index is 13.9. The summed E-state index contributed by atoms with van der Waals surface area (Å²) in [6.07, 6.45) is 2.10. The van der Waals surface area contributed by atoms with Gasteiger partial charge in [0.25, 0.3) is 5.91 Å². The highest BCUT2D eigenvalue weighted by Crippen LogP contribution is 2.40. The fourth-order valence-electron chi connectivity index (χ4n) is 5.78. The largest absolute Gasteiger partial charge is 0.460 e. The quantitative estimate of drug-likeness (QED) is 0.328. The van der Waals surface area contributed by atoms with E-state index < -0.39 is 35.3 Å². The molecule has 0 unspecified atom stereocenters. The van der Waals surface area contributed by atoms with Crippen molar-refractivity contribution in [3.63, 3.8) is 0 Å². The third-order valence-corrected chi connectivity index (χ3v) is 7.72. The second-order valence-electron chi connectivity index (χ2n) is 12.3. The molecule has 2 fully saturated rings. The summed E-state index contributed by atoms with van der Waals surface area (Å²) < 4.78 is 48.8. The Balaban J connectivity index is 1.56. The molecule has 0 radical (unpaired) electrons. The van der Waals surface area contributed by atoms with Crippen LogP contribution in [0.5, 0.6) is 0 Å². The second kappa shape index (κ2) is 13.3. The molecule has 1 N–H and O–H groups in total. The maximum Gasteiger partial charge on any atom is 0.417 e. The molecule has 230 valence electrons. The summed E-state index contributed by atoms with van der Waals surface area (Å²) >= 11 is 0. The fraction of sp³-hybridized carbons (Fsp3) is 0.613. The standard InChI is InChI=1S/C31H41F3N4O4/c1-30(2,3)42-28(40)19-21(11-10-18-37-17-9-8-16-27(37)39)35-29(41)25-20-26(38(36-25)22-12-4-5-13-22)23-14-6-7-15-24(23)31(32,33)34/h6-7,14-15,20-22H,4-5,8-13,16-19H2,1-3H3,(H,35,41)/t21-/m0/s1. The van der Waals surface area contributed by atoms with Gasteiger partial charge in [0.2, 0.25) is 5.91 Å². The minimum absolute atomic E-state index is 0.00530. The van der Waals surface area contributed by atoms with Crippen LogP contribution in [0.2, 0.25) is 0 Å². The molecule has 0 spiro atoms. The van der Waals surface area contributed by atoms with E-state index in [9.17, 15) is 27.6 Å². The molecule has 8 nitrogen and oxygen atoms in total. The van der Waals surface area contributed by atoms with Gasteiger partial charge in [-0.1, -0.05) is 31.0 Å². The number of hydrogen-bond acceptors (Lipinski definition) is 5. The smallest absolute Gasteiger partial charge is 0.417 e. The van der Waals surface area contributed by atoms with Crippen molar-refractivity contribution >= 4 is 17.8 Å². The Morgan fingerprint density at radius 3 is 2.48 bits per heavy atom. The van der Waals surface area contributed by atoms with Crippen molar-refractivity contribution in [1.82, 2.24) is 20.0 Å². The zero-order valence-corrected chi connectivity index (χ0v) is 24.6. The molecule has 1 aromatic carbocycles. The van der Waals surface area contributed by atoms with Crippen molar-refractivity contribution in [2.75, 3.05) is 13.1 Å². The first-order chi connectivity index (χ1) is 19.8. The van der Waals surface area contributed by atoms with Gasteiger partial charge in [0.1, 0.15) is 5.60 Å². The number of rotatable bonds is 10. The number of carbonyl (C=O) groups is 3. The third kappa shape index (κ3) is 8.35. The molecule has 42 heavy (non-hydrogen) atoms. The van der Waals surface area contributed by atoms with Crippen LogP contribution in [0.1, 0.15) is 107 Å². The first kappa shape index (κ1) is 31.6. The molecule has 2 aliphatic rings. The van der Waals surface area contributed by atoms with Gasteiger partial charge in [-0.25, -0.2) is 0 Å². The van der Waals surface area contributed by atoms with Gasteiger partial charge in [-0.15, -0.1) is 0 Å². The summed E-state index contributed by atoms with van der Waals surface area (Å²) in [7, 11) is 0. The van der Waals surface area contributed by atoms with Crippen LogP contribution < -0.4 is 5.32 Å². The van der Waals surface area contributed by atoms with Crippen LogP contribution in [0, 0.1) is 0 Å². The Labute approximate surface area is 245 Å². The van der Waals surface area contributed by atoms with Crippen molar-refractivity contribution < 1.29 is 32.3 Å². The molecule has 1 aliphatic carbocycles. The average Bonchev–Trinajstić information content (AvgIpc) is 3.58. The normalized spacial score (nSPS) is 17.4. The van der Waals surface area contributed by atoms with Crippen LogP contribution in [-0.2, 0) is 20.5 Å². The van der Waals surface area contributed by atoms with Gasteiger partial charge in [0.15, 0.2) is 5.69 Å². The van der Waals surface area contributed by atoms with Gasteiger partial charge in [0.05, 0.1) is 23.7 Å². The second-order valence-corrected chi connectivity index (χ2v) is 12.3. The van der Waals surface area contributed by atoms with Crippen molar-refractivity contribution in [2.45, 2.75) is 109 Å². The van der Waals surface area contributed by atoms with Crippen molar-refractivity contribution in [3.8, 4) is 11.3 Å². The zero-order valence-electron chi connectivity index (χ0n) is 24.6. The minimum atomic E-state index is -4.57. The van der Waals surface area contributed by atoms with Gasteiger partial charge in [-0.05, 0) is 71.4 Å². The highest BCUT2D eigenvalue weighted by Gasteiger charge is 2.35. The number of benzene rings is 1. The summed E-state index contributed by atoms with van der Waals surface area (Å²) in [6, 6.07) is 6.02. The van der Waals surface area contributed by atoms with E-state index in [0.717, 1.165) is 44.6 Å². The lowest BCUT2D eigenvalue weighted by Gasteiger charge is -2.27. The zero-order chi connectivity index (χ0) is 30.5. The summed E-state index contributed by atoms with van der Waals surface area (Å²) in [5.74, 6) is -0.934. The summed E-state index contributed by atoms with van der Waals surface area (Å²) in [4.78, 5) is 40.2. The van der Waals surface area contributed by atoms with E-state index in [4.69, 9.17) is 4.74 Å². The topological polar surface area (TPSA) is 93.5 Å². The molecular formula is C31H41F3N4O4. The predicted molar refractivity (Wildman–Crippen MR) is 152 cm³/mol. The molecule has 2 aromatic rings. The number of halogens is 3. The number of amides is 2. The van der Waals surface area contributed by atoms with Gasteiger partial charge >= 0.3 is 12.1 Å². The Morgan fingerprint density at radius 1 is 1.10 bits per heavy atom. The summed E-state index contributed by atoms with van der Waals surface area (Å²) in [5, 5.41) is 7.40. The minimum Gasteiger partial charge on any atom is -0.460 e. The van der Waals surface area contributed by atoms with Crippen molar-refractivity contribution in [1.29, 1.82) is 0 Å². The van der Waals surface area contributed by atoms with E-state index in [1.54, 1.807) is 31.5 Å². The molecular weight excluding hydrogens is 549 g/mol. The van der Waals surface area contributed by atoms with Crippen LogP contribution in [0.3, 0.4) is 0 Å². The first-order valence-electron chi connectivity index (χ1n) is 14.9. The highest BCUT2D eigenvalue weighted by molar-refractivity contribution is 5.94. The molecule has 4 rings (SSSR count). The van der Waals surface area contributed by atoms with E-state index in [0.29, 0.717) is 32.4 Å². The Bertz CT molecular complexity index is 1260. The highest BCUT2D eigenvalue weighted by atomic mass is 19.4. The fourth-order valence-corrected chi connectivity index (χ4v) is 5.78. The number of aromatic nitrogens is 2. The average molecular weight is 591 g/mol. The number of alkyl halides is 3. The molecule has 0 bridgehead atoms.